The van der Waals surface area contributed by atoms with Gasteiger partial charge in [0.05, 0.1) is 17.7 Å². The van der Waals surface area contributed by atoms with E-state index in [-0.39, 0.29) is 17.1 Å². The van der Waals surface area contributed by atoms with E-state index >= 15 is 4.39 Å². The van der Waals surface area contributed by atoms with Crippen LogP contribution in [0.4, 0.5) is 26.2 Å². The average Bonchev–Trinajstić information content (AvgIpc) is 2.91. The van der Waals surface area contributed by atoms with E-state index < -0.39 is 32.9 Å². The summed E-state index contributed by atoms with van der Waals surface area (Å²) in [6.07, 6.45) is 5.31. The highest BCUT2D eigenvalue weighted by molar-refractivity contribution is 7.90. The number of nitrogens with zero attached hydrogens (tertiary/aromatic N) is 6. The molecule has 0 bridgehead atoms. The fraction of sp³-hybridized carbons (Fsp3) is 0.538. The Labute approximate surface area is 222 Å². The lowest BCUT2D eigenvalue weighted by atomic mass is 9.96. The number of piperidine rings is 1. The van der Waals surface area contributed by atoms with Crippen molar-refractivity contribution in [3.8, 4) is 0 Å². The topological polar surface area (TPSA) is 104 Å². The number of hydrogen-bond donors (Lipinski definition) is 1. The molecule has 1 fully saturated rings. The maximum absolute atomic E-state index is 15.3. The Hall–Kier alpha value is -2.99. The van der Waals surface area contributed by atoms with Crippen LogP contribution in [0.25, 0.3) is 11.0 Å². The van der Waals surface area contributed by atoms with Gasteiger partial charge in [-0.05, 0) is 44.3 Å². The molecule has 1 N–H and O–H groups in total. The quantitative estimate of drug-likeness (QED) is 0.376. The molecule has 3 heterocycles. The van der Waals surface area contributed by atoms with Crippen molar-refractivity contribution in [2.24, 2.45) is 5.92 Å². The standard InChI is InChI=1S/C26H35F2N7O2S/c1-4-13-38(36,37)16-19-7-8-20(27)23(22(19)28)32-25-24-21(30-17-31-25)14-29-26(33-24)35-11-9-18(10-12-35)15-34(5-2)6-3/h7-8,14,17-18H,4-6,9-13,15-16H2,1-3H3,(H,30,31,32). The summed E-state index contributed by atoms with van der Waals surface area (Å²) in [5.41, 5.74) is 0.158. The highest BCUT2D eigenvalue weighted by Gasteiger charge is 2.24. The molecule has 38 heavy (non-hydrogen) atoms. The molecule has 0 saturated carbocycles. The summed E-state index contributed by atoms with van der Waals surface area (Å²) in [6, 6.07) is 2.21. The number of halogens is 2. The van der Waals surface area contributed by atoms with Crippen LogP contribution < -0.4 is 10.2 Å². The van der Waals surface area contributed by atoms with Gasteiger partial charge in [0, 0.05) is 25.2 Å². The molecule has 0 aliphatic carbocycles. The number of nitrogens with one attached hydrogen (secondary N) is 1. The summed E-state index contributed by atoms with van der Waals surface area (Å²) in [6.45, 7) is 10.9. The van der Waals surface area contributed by atoms with Gasteiger partial charge in [-0.3, -0.25) is 0 Å². The third-order valence-electron chi connectivity index (χ3n) is 6.98. The summed E-state index contributed by atoms with van der Waals surface area (Å²) in [5, 5.41) is 2.70. The van der Waals surface area contributed by atoms with Gasteiger partial charge in [0.2, 0.25) is 5.95 Å². The Bertz CT molecular complexity index is 1360. The SMILES string of the molecule is CCCS(=O)(=O)Cc1ccc(F)c(Nc2ncnc3cnc(N4CCC(CN(CC)CC)CC4)nc23)c1F. The average molecular weight is 548 g/mol. The molecule has 3 aromatic rings. The predicted molar refractivity (Wildman–Crippen MR) is 145 cm³/mol. The van der Waals surface area contributed by atoms with Crippen molar-refractivity contribution < 1.29 is 17.2 Å². The second-order valence-electron chi connectivity index (χ2n) is 9.65. The molecule has 9 nitrogen and oxygen atoms in total. The lowest BCUT2D eigenvalue weighted by molar-refractivity contribution is 0.229. The summed E-state index contributed by atoms with van der Waals surface area (Å²) >= 11 is 0. The first kappa shape index (κ1) is 28.0. The summed E-state index contributed by atoms with van der Waals surface area (Å²) in [4.78, 5) is 22.1. The second-order valence-corrected chi connectivity index (χ2v) is 11.8. The summed E-state index contributed by atoms with van der Waals surface area (Å²) < 4.78 is 54.5. The van der Waals surface area contributed by atoms with E-state index in [0.717, 1.165) is 57.7 Å². The van der Waals surface area contributed by atoms with Crippen molar-refractivity contribution in [2.75, 3.05) is 48.7 Å². The van der Waals surface area contributed by atoms with Crippen LogP contribution in [0, 0.1) is 17.6 Å². The third kappa shape index (κ3) is 6.52. The summed E-state index contributed by atoms with van der Waals surface area (Å²) in [7, 11) is -3.52. The van der Waals surface area contributed by atoms with E-state index in [1.54, 1.807) is 13.1 Å². The van der Waals surface area contributed by atoms with Crippen LogP contribution in [0.3, 0.4) is 0 Å². The number of benzene rings is 1. The number of sulfone groups is 1. The van der Waals surface area contributed by atoms with Crippen LogP contribution >= 0.6 is 0 Å². The fourth-order valence-electron chi connectivity index (χ4n) is 4.81. The highest BCUT2D eigenvalue weighted by Crippen LogP contribution is 2.30. The van der Waals surface area contributed by atoms with Gasteiger partial charge in [-0.2, -0.15) is 0 Å². The Morgan fingerprint density at radius 1 is 1.08 bits per heavy atom. The maximum atomic E-state index is 15.3. The fourth-order valence-corrected chi connectivity index (χ4v) is 6.27. The number of fused-ring (bicyclic) bond motifs is 1. The molecular formula is C26H35F2N7O2S. The van der Waals surface area contributed by atoms with Crippen LogP contribution in [0.15, 0.2) is 24.7 Å². The molecule has 206 valence electrons. The van der Waals surface area contributed by atoms with Crippen molar-refractivity contribution >= 4 is 38.3 Å². The van der Waals surface area contributed by atoms with Gasteiger partial charge >= 0.3 is 0 Å². The first-order valence-electron chi connectivity index (χ1n) is 13.1. The molecule has 0 radical (unpaired) electrons. The number of hydrogen-bond acceptors (Lipinski definition) is 9. The minimum absolute atomic E-state index is 0.0739. The number of aromatic nitrogens is 4. The molecule has 0 spiro atoms. The van der Waals surface area contributed by atoms with Crippen LogP contribution in [0.1, 0.15) is 45.6 Å². The second kappa shape index (κ2) is 12.2. The van der Waals surface area contributed by atoms with Gasteiger partial charge in [0.15, 0.2) is 21.5 Å². The van der Waals surface area contributed by atoms with Crippen molar-refractivity contribution in [3.63, 3.8) is 0 Å². The zero-order valence-electron chi connectivity index (χ0n) is 22.1. The zero-order valence-corrected chi connectivity index (χ0v) is 22.9. The van der Waals surface area contributed by atoms with E-state index in [4.69, 9.17) is 0 Å². The predicted octanol–water partition coefficient (Wildman–Crippen LogP) is 4.32. The monoisotopic (exact) mass is 547 g/mol. The highest BCUT2D eigenvalue weighted by atomic mass is 32.2. The third-order valence-corrected chi connectivity index (χ3v) is 8.76. The van der Waals surface area contributed by atoms with Crippen LogP contribution in [0.5, 0.6) is 0 Å². The van der Waals surface area contributed by atoms with Crippen molar-refractivity contribution in [1.82, 2.24) is 24.8 Å². The van der Waals surface area contributed by atoms with E-state index in [2.05, 4.69) is 48.9 Å². The van der Waals surface area contributed by atoms with E-state index in [1.165, 1.54) is 6.33 Å². The number of rotatable bonds is 11. The molecule has 1 saturated heterocycles. The molecule has 0 atom stereocenters. The molecule has 2 aromatic heterocycles. The van der Waals surface area contributed by atoms with Gasteiger partial charge in [0.25, 0.3) is 0 Å². The molecule has 12 heteroatoms. The number of anilines is 3. The van der Waals surface area contributed by atoms with E-state index in [0.29, 0.717) is 29.3 Å². The van der Waals surface area contributed by atoms with Gasteiger partial charge in [0.1, 0.15) is 28.9 Å². The van der Waals surface area contributed by atoms with Crippen LogP contribution in [0.2, 0.25) is 0 Å². The first-order valence-corrected chi connectivity index (χ1v) is 15.0. The molecule has 1 aliphatic heterocycles. The minimum atomic E-state index is -3.52. The molecule has 4 rings (SSSR count). The Kier molecular flexibility index (Phi) is 9.03. The molecule has 0 unspecified atom stereocenters. The molecule has 1 aromatic carbocycles. The van der Waals surface area contributed by atoms with Gasteiger partial charge in [-0.1, -0.05) is 26.8 Å². The van der Waals surface area contributed by atoms with Crippen molar-refractivity contribution in [3.05, 3.63) is 41.9 Å². The minimum Gasteiger partial charge on any atom is -0.341 e. The van der Waals surface area contributed by atoms with Gasteiger partial charge in [-0.25, -0.2) is 37.1 Å². The molecule has 1 aliphatic rings. The first-order chi connectivity index (χ1) is 18.2. The molecule has 0 amide bonds. The maximum Gasteiger partial charge on any atom is 0.226 e. The normalized spacial score (nSPS) is 14.9. The lowest BCUT2D eigenvalue weighted by Gasteiger charge is -2.34. The van der Waals surface area contributed by atoms with Crippen LogP contribution in [-0.4, -0.2) is 71.7 Å². The Morgan fingerprint density at radius 3 is 2.50 bits per heavy atom. The van der Waals surface area contributed by atoms with E-state index in [1.807, 2.05) is 0 Å². The largest absolute Gasteiger partial charge is 0.341 e. The van der Waals surface area contributed by atoms with Crippen LogP contribution in [-0.2, 0) is 15.6 Å². The lowest BCUT2D eigenvalue weighted by Crippen LogP contribution is -2.39. The molecular weight excluding hydrogens is 512 g/mol. The Morgan fingerprint density at radius 2 is 1.82 bits per heavy atom. The van der Waals surface area contributed by atoms with E-state index in [9.17, 15) is 12.8 Å². The van der Waals surface area contributed by atoms with Gasteiger partial charge < -0.3 is 15.1 Å². The van der Waals surface area contributed by atoms with Gasteiger partial charge in [-0.15, -0.1) is 0 Å². The Balaban J connectivity index is 1.57. The smallest absolute Gasteiger partial charge is 0.226 e. The summed E-state index contributed by atoms with van der Waals surface area (Å²) in [5.74, 6) is -1.18. The van der Waals surface area contributed by atoms with Crippen molar-refractivity contribution in [2.45, 2.75) is 45.8 Å². The zero-order chi connectivity index (χ0) is 27.3. The van der Waals surface area contributed by atoms with Crippen molar-refractivity contribution in [1.29, 1.82) is 0 Å².